The molecule has 1 unspecified atom stereocenters. The number of urea groups is 1. The first-order valence-corrected chi connectivity index (χ1v) is 11.8. The highest BCUT2D eigenvalue weighted by molar-refractivity contribution is 6.06. The molecule has 4 aliphatic rings. The van der Waals surface area contributed by atoms with Gasteiger partial charge in [0.05, 0.1) is 0 Å². The number of rotatable bonds is 3. The van der Waals surface area contributed by atoms with Gasteiger partial charge >= 0.3 is 6.03 Å². The molecule has 2 aromatic rings. The van der Waals surface area contributed by atoms with E-state index in [1.54, 1.807) is 23.1 Å². The molecule has 6 rings (SSSR count). The molecule has 1 aliphatic carbocycles. The second-order valence-electron chi connectivity index (χ2n) is 10.0. The maximum Gasteiger partial charge on any atom is 0.326 e. The van der Waals surface area contributed by atoms with Crippen molar-refractivity contribution in [2.75, 3.05) is 16.8 Å². The molecule has 3 heterocycles. The van der Waals surface area contributed by atoms with Crippen molar-refractivity contribution in [1.29, 1.82) is 0 Å². The summed E-state index contributed by atoms with van der Waals surface area (Å²) in [5.41, 5.74) is 5.71. The van der Waals surface area contributed by atoms with Crippen LogP contribution >= 0.6 is 0 Å². The normalized spacial score (nSPS) is 22.4. The standard InChI is InChI=1S/C26H26N4O4/c1-26(9-10-26)17-2-5-20-15(12-17)8-11-29(20)25(34)27-18-3-4-19-16(13-18)14-30(24(19)33)21-6-7-22(31)28-23(21)32/h2-5,12-13,21H,6-11,14H2,1H3,(H,27,34)(H,28,31,32). The zero-order chi connectivity index (χ0) is 23.6. The largest absolute Gasteiger partial charge is 0.326 e. The van der Waals surface area contributed by atoms with Crippen LogP contribution in [0.15, 0.2) is 36.4 Å². The lowest BCUT2D eigenvalue weighted by molar-refractivity contribution is -0.136. The maximum atomic E-state index is 13.1. The number of benzene rings is 2. The third-order valence-corrected chi connectivity index (χ3v) is 7.69. The van der Waals surface area contributed by atoms with Gasteiger partial charge in [-0.2, -0.15) is 0 Å². The van der Waals surface area contributed by atoms with E-state index < -0.39 is 11.9 Å². The van der Waals surface area contributed by atoms with Gasteiger partial charge in [0.15, 0.2) is 0 Å². The van der Waals surface area contributed by atoms with Crippen molar-refractivity contribution in [2.24, 2.45) is 0 Å². The van der Waals surface area contributed by atoms with Crippen LogP contribution in [0.2, 0.25) is 0 Å². The molecule has 0 bridgehead atoms. The molecule has 174 valence electrons. The third kappa shape index (κ3) is 3.36. The predicted octanol–water partition coefficient (Wildman–Crippen LogP) is 3.09. The third-order valence-electron chi connectivity index (χ3n) is 7.69. The summed E-state index contributed by atoms with van der Waals surface area (Å²) in [4.78, 5) is 52.9. The predicted molar refractivity (Wildman–Crippen MR) is 126 cm³/mol. The van der Waals surface area contributed by atoms with E-state index >= 15 is 0 Å². The zero-order valence-electron chi connectivity index (χ0n) is 19.0. The fourth-order valence-corrected chi connectivity index (χ4v) is 5.31. The van der Waals surface area contributed by atoms with Gasteiger partial charge in [-0.15, -0.1) is 0 Å². The Morgan fingerprint density at radius 2 is 1.88 bits per heavy atom. The van der Waals surface area contributed by atoms with E-state index in [1.807, 2.05) is 0 Å². The summed E-state index contributed by atoms with van der Waals surface area (Å²) < 4.78 is 0. The van der Waals surface area contributed by atoms with Gasteiger partial charge in [-0.3, -0.25) is 24.6 Å². The Balaban J connectivity index is 1.17. The molecule has 1 saturated carbocycles. The zero-order valence-corrected chi connectivity index (χ0v) is 19.0. The molecule has 1 atom stereocenters. The average molecular weight is 459 g/mol. The number of carbonyl (C=O) groups excluding carboxylic acids is 4. The minimum Gasteiger partial charge on any atom is -0.322 e. The Labute approximate surface area is 197 Å². The Bertz CT molecular complexity index is 1270. The Morgan fingerprint density at radius 3 is 2.65 bits per heavy atom. The highest BCUT2D eigenvalue weighted by Crippen LogP contribution is 2.48. The van der Waals surface area contributed by atoms with Crippen molar-refractivity contribution in [1.82, 2.24) is 10.2 Å². The number of carbonyl (C=O) groups is 4. The van der Waals surface area contributed by atoms with Gasteiger partial charge in [0.2, 0.25) is 11.8 Å². The first-order valence-electron chi connectivity index (χ1n) is 11.8. The molecule has 3 aliphatic heterocycles. The van der Waals surface area contributed by atoms with Gasteiger partial charge in [0, 0.05) is 36.4 Å². The molecule has 2 aromatic carbocycles. The topological polar surface area (TPSA) is 98.8 Å². The smallest absolute Gasteiger partial charge is 0.322 e. The molecule has 0 radical (unpaired) electrons. The van der Waals surface area contributed by atoms with Crippen LogP contribution in [0.3, 0.4) is 0 Å². The molecule has 5 amide bonds. The van der Waals surface area contributed by atoms with E-state index in [-0.39, 0.29) is 30.8 Å². The van der Waals surface area contributed by atoms with Gasteiger partial charge in [-0.1, -0.05) is 19.1 Å². The average Bonchev–Trinajstić information content (AvgIpc) is 3.29. The number of piperidine rings is 1. The van der Waals surface area contributed by atoms with Crippen LogP contribution in [0.5, 0.6) is 0 Å². The van der Waals surface area contributed by atoms with Crippen molar-refractivity contribution in [2.45, 2.75) is 57.0 Å². The number of hydrogen-bond donors (Lipinski definition) is 2. The monoisotopic (exact) mass is 458 g/mol. The van der Waals surface area contributed by atoms with Crippen LogP contribution in [-0.2, 0) is 28.0 Å². The highest BCUT2D eigenvalue weighted by atomic mass is 16.2. The first-order chi connectivity index (χ1) is 16.3. The minimum atomic E-state index is -0.653. The Hall–Kier alpha value is -3.68. The fourth-order valence-electron chi connectivity index (χ4n) is 5.31. The number of fused-ring (bicyclic) bond motifs is 2. The summed E-state index contributed by atoms with van der Waals surface area (Å²) in [5.74, 6) is -0.967. The van der Waals surface area contributed by atoms with E-state index in [2.05, 4.69) is 35.8 Å². The summed E-state index contributed by atoms with van der Waals surface area (Å²) in [5, 5.41) is 5.28. The Morgan fingerprint density at radius 1 is 1.06 bits per heavy atom. The lowest BCUT2D eigenvalue weighted by Crippen LogP contribution is -2.52. The van der Waals surface area contributed by atoms with Crippen LogP contribution in [0.1, 0.15) is 59.7 Å². The molecule has 2 N–H and O–H groups in total. The molecule has 1 saturated heterocycles. The van der Waals surface area contributed by atoms with Crippen LogP contribution in [0.4, 0.5) is 16.2 Å². The van der Waals surface area contributed by atoms with Crippen LogP contribution in [0.25, 0.3) is 0 Å². The second kappa shape index (κ2) is 7.41. The first kappa shape index (κ1) is 20.9. The number of hydrogen-bond acceptors (Lipinski definition) is 4. The lowest BCUT2D eigenvalue weighted by Gasteiger charge is -2.29. The van der Waals surface area contributed by atoms with Crippen molar-refractivity contribution < 1.29 is 19.2 Å². The Kier molecular flexibility index (Phi) is 4.56. The summed E-state index contributed by atoms with van der Waals surface area (Å²) in [6, 6.07) is 10.8. The summed E-state index contributed by atoms with van der Waals surface area (Å²) in [6.45, 7) is 3.19. The minimum absolute atomic E-state index is 0.199. The number of nitrogens with one attached hydrogen (secondary N) is 2. The molecule has 8 nitrogen and oxygen atoms in total. The molecule has 8 heteroatoms. The van der Waals surface area contributed by atoms with Gasteiger partial charge in [-0.05, 0) is 72.1 Å². The van der Waals surface area contributed by atoms with Gasteiger partial charge < -0.3 is 10.2 Å². The maximum absolute atomic E-state index is 13.1. The van der Waals surface area contributed by atoms with E-state index in [1.165, 1.54) is 28.9 Å². The number of anilines is 2. The van der Waals surface area contributed by atoms with Crippen molar-refractivity contribution >= 4 is 35.1 Å². The van der Waals surface area contributed by atoms with Crippen LogP contribution < -0.4 is 15.5 Å². The van der Waals surface area contributed by atoms with Crippen LogP contribution in [-0.4, -0.2) is 41.2 Å². The van der Waals surface area contributed by atoms with Gasteiger partial charge in [-0.25, -0.2) is 4.79 Å². The molecule has 0 aromatic heterocycles. The van der Waals surface area contributed by atoms with Crippen molar-refractivity contribution in [3.8, 4) is 0 Å². The lowest BCUT2D eigenvalue weighted by atomic mass is 9.95. The summed E-state index contributed by atoms with van der Waals surface area (Å²) in [6.07, 6.45) is 3.82. The van der Waals surface area contributed by atoms with E-state index in [4.69, 9.17) is 0 Å². The van der Waals surface area contributed by atoms with Gasteiger partial charge in [0.1, 0.15) is 6.04 Å². The summed E-state index contributed by atoms with van der Waals surface area (Å²) in [7, 11) is 0. The molecular weight excluding hydrogens is 432 g/mol. The SMILES string of the molecule is CC1(c2ccc3c(c2)CCN3C(=O)Nc2ccc3c(c2)CN(C2CCC(=O)NC2=O)C3=O)CC1. The quantitative estimate of drug-likeness (QED) is 0.691. The van der Waals surface area contributed by atoms with Crippen LogP contribution in [0, 0.1) is 0 Å². The number of nitrogens with zero attached hydrogens (tertiary/aromatic N) is 2. The molecule has 0 spiro atoms. The number of imide groups is 1. The molecule has 2 fully saturated rings. The molecule has 34 heavy (non-hydrogen) atoms. The van der Waals surface area contributed by atoms with Crippen molar-refractivity contribution in [3.05, 3.63) is 58.7 Å². The highest BCUT2D eigenvalue weighted by Gasteiger charge is 2.40. The summed E-state index contributed by atoms with van der Waals surface area (Å²) >= 11 is 0. The van der Waals surface area contributed by atoms with E-state index in [9.17, 15) is 19.2 Å². The van der Waals surface area contributed by atoms with Crippen molar-refractivity contribution in [3.63, 3.8) is 0 Å². The second-order valence-corrected chi connectivity index (χ2v) is 10.0. The molecular formula is C26H26N4O4. The van der Waals surface area contributed by atoms with Gasteiger partial charge in [0.25, 0.3) is 5.91 Å². The fraction of sp³-hybridized carbons (Fsp3) is 0.385. The number of amides is 5. The van der Waals surface area contributed by atoms with E-state index in [0.29, 0.717) is 29.6 Å². The van der Waals surface area contributed by atoms with E-state index in [0.717, 1.165) is 17.7 Å².